The molecule has 0 N–H and O–H groups in total. The van der Waals surface area contributed by atoms with Crippen molar-refractivity contribution in [2.75, 3.05) is 0 Å². The van der Waals surface area contributed by atoms with Gasteiger partial charge in [-0.3, -0.25) is 4.79 Å². The van der Waals surface area contributed by atoms with Crippen LogP contribution >= 0.6 is 43.5 Å². The van der Waals surface area contributed by atoms with E-state index in [1.54, 1.807) is 42.5 Å². The molecule has 0 bridgehead atoms. The molecule has 7 nitrogen and oxygen atoms in total. The first-order chi connectivity index (χ1) is 19.9. The van der Waals surface area contributed by atoms with E-state index in [2.05, 4.69) is 43.0 Å². The Morgan fingerprint density at radius 3 is 2.71 bits per heavy atom. The summed E-state index contributed by atoms with van der Waals surface area (Å²) in [5, 5.41) is 15.7. The zero-order valence-corrected chi connectivity index (χ0v) is 24.9. The molecule has 6 aromatic rings. The highest BCUT2D eigenvalue weighted by Crippen LogP contribution is 2.33. The van der Waals surface area contributed by atoms with Gasteiger partial charge in [-0.15, -0.1) is 0 Å². The minimum absolute atomic E-state index is 0.141. The summed E-state index contributed by atoms with van der Waals surface area (Å²) < 4.78 is 14.9. The van der Waals surface area contributed by atoms with E-state index in [0.717, 1.165) is 15.4 Å². The van der Waals surface area contributed by atoms with E-state index in [9.17, 15) is 10.1 Å². The zero-order chi connectivity index (χ0) is 28.5. The average molecular weight is 689 g/mol. The summed E-state index contributed by atoms with van der Waals surface area (Å²) in [5.74, 6) is 1.07. The Morgan fingerprint density at radius 1 is 1.05 bits per heavy atom. The van der Waals surface area contributed by atoms with Crippen molar-refractivity contribution in [3.05, 3.63) is 126 Å². The maximum Gasteiger partial charge on any atom is 0.282 e. The van der Waals surface area contributed by atoms with Gasteiger partial charge in [-0.1, -0.05) is 57.9 Å². The quantitative estimate of drug-likeness (QED) is 0.164. The van der Waals surface area contributed by atoms with Gasteiger partial charge in [0, 0.05) is 26.0 Å². The van der Waals surface area contributed by atoms with Crippen LogP contribution in [0.4, 0.5) is 0 Å². The molecule has 41 heavy (non-hydrogen) atoms. The summed E-state index contributed by atoms with van der Waals surface area (Å²) in [5.41, 5.74) is 2.56. The Morgan fingerprint density at radius 2 is 1.85 bits per heavy atom. The van der Waals surface area contributed by atoms with Crippen molar-refractivity contribution in [2.45, 2.75) is 6.61 Å². The number of ether oxygens (including phenoxy) is 1. The van der Waals surface area contributed by atoms with Gasteiger partial charge in [-0.25, -0.2) is 4.98 Å². The van der Waals surface area contributed by atoms with Gasteiger partial charge < -0.3 is 9.15 Å². The van der Waals surface area contributed by atoms with Gasteiger partial charge in [0.15, 0.2) is 5.76 Å². The maximum absolute atomic E-state index is 13.7. The molecule has 4 aromatic carbocycles. The van der Waals surface area contributed by atoms with E-state index in [-0.39, 0.29) is 18.0 Å². The van der Waals surface area contributed by atoms with E-state index in [0.29, 0.717) is 48.6 Å². The van der Waals surface area contributed by atoms with Crippen LogP contribution < -0.4 is 10.3 Å². The molecule has 0 fully saturated rings. The van der Waals surface area contributed by atoms with Gasteiger partial charge in [0.1, 0.15) is 17.9 Å². The first-order valence-corrected chi connectivity index (χ1v) is 14.2. The summed E-state index contributed by atoms with van der Waals surface area (Å²) >= 11 is 13.4. The SMILES string of the molecule is N#Cc1ccccc1COc1c(Br)cc(Cl)cc1C=Nn1c(-c2cc3cc(Br)ccc3o2)nc2ccccc2c1=O. The molecule has 2 aromatic heterocycles. The number of furan rings is 1. The van der Waals surface area contributed by atoms with Crippen LogP contribution in [0, 0.1) is 11.3 Å². The largest absolute Gasteiger partial charge is 0.487 e. The Hall–Kier alpha value is -4.23. The normalized spacial score (nSPS) is 11.4. The van der Waals surface area contributed by atoms with Crippen LogP contribution in [0.1, 0.15) is 16.7 Å². The first-order valence-electron chi connectivity index (χ1n) is 12.3. The molecule has 0 amide bonds. The molecule has 200 valence electrons. The summed E-state index contributed by atoms with van der Waals surface area (Å²) in [7, 11) is 0. The second-order valence-electron chi connectivity index (χ2n) is 8.97. The smallest absolute Gasteiger partial charge is 0.282 e. The van der Waals surface area contributed by atoms with Gasteiger partial charge in [0.2, 0.25) is 5.82 Å². The van der Waals surface area contributed by atoms with Crippen molar-refractivity contribution in [3.63, 3.8) is 0 Å². The Kier molecular flexibility index (Phi) is 7.45. The fraction of sp³-hybridized carbons (Fsp3) is 0.0323. The van der Waals surface area contributed by atoms with Crippen molar-refractivity contribution >= 4 is 71.5 Å². The van der Waals surface area contributed by atoms with Crippen LogP contribution in [0.15, 0.2) is 108 Å². The van der Waals surface area contributed by atoms with Gasteiger partial charge in [-0.05, 0) is 70.5 Å². The predicted octanol–water partition coefficient (Wildman–Crippen LogP) is 8.32. The van der Waals surface area contributed by atoms with Crippen LogP contribution in [0.5, 0.6) is 5.75 Å². The van der Waals surface area contributed by atoms with E-state index in [1.165, 1.54) is 10.9 Å². The molecule has 0 atom stereocenters. The molecule has 0 unspecified atom stereocenters. The molecular formula is C31H17Br2ClN4O3. The second kappa shape index (κ2) is 11.3. The third-order valence-electron chi connectivity index (χ3n) is 6.31. The minimum atomic E-state index is -0.366. The molecule has 0 aliphatic carbocycles. The van der Waals surface area contributed by atoms with E-state index in [4.69, 9.17) is 25.7 Å². The Labute approximate surface area is 255 Å². The van der Waals surface area contributed by atoms with Gasteiger partial charge in [0.05, 0.1) is 33.2 Å². The van der Waals surface area contributed by atoms with Crippen LogP contribution in [-0.4, -0.2) is 15.9 Å². The van der Waals surface area contributed by atoms with Gasteiger partial charge in [0.25, 0.3) is 5.56 Å². The zero-order valence-electron chi connectivity index (χ0n) is 21.0. The number of nitriles is 1. The van der Waals surface area contributed by atoms with Crippen molar-refractivity contribution in [1.29, 1.82) is 5.26 Å². The molecule has 0 aliphatic heterocycles. The summed E-state index contributed by atoms with van der Waals surface area (Å²) in [6, 6.07) is 27.3. The van der Waals surface area contributed by atoms with Crippen LogP contribution in [0.2, 0.25) is 5.02 Å². The topological polar surface area (TPSA) is 93.4 Å². The summed E-state index contributed by atoms with van der Waals surface area (Å²) in [4.78, 5) is 18.4. The monoisotopic (exact) mass is 686 g/mol. The lowest BCUT2D eigenvalue weighted by atomic mass is 10.1. The van der Waals surface area contributed by atoms with E-state index < -0.39 is 0 Å². The molecule has 2 heterocycles. The maximum atomic E-state index is 13.7. The lowest BCUT2D eigenvalue weighted by Gasteiger charge is -2.13. The average Bonchev–Trinajstić information content (AvgIpc) is 3.39. The van der Waals surface area contributed by atoms with E-state index >= 15 is 0 Å². The van der Waals surface area contributed by atoms with Gasteiger partial charge in [-0.2, -0.15) is 15.0 Å². The number of halogens is 3. The van der Waals surface area contributed by atoms with Crippen LogP contribution in [0.25, 0.3) is 33.5 Å². The molecule has 0 saturated carbocycles. The Balaban J connectivity index is 1.47. The third kappa shape index (κ3) is 5.42. The van der Waals surface area contributed by atoms with Gasteiger partial charge >= 0.3 is 0 Å². The van der Waals surface area contributed by atoms with Crippen molar-refractivity contribution in [3.8, 4) is 23.4 Å². The van der Waals surface area contributed by atoms with Crippen LogP contribution in [0.3, 0.4) is 0 Å². The number of nitrogens with zero attached hydrogens (tertiary/aromatic N) is 4. The number of fused-ring (bicyclic) bond motifs is 2. The minimum Gasteiger partial charge on any atom is -0.487 e. The van der Waals surface area contributed by atoms with Crippen molar-refractivity contribution in [2.24, 2.45) is 5.10 Å². The summed E-state index contributed by atoms with van der Waals surface area (Å²) in [6.45, 7) is 0.141. The Bertz CT molecular complexity index is 2100. The van der Waals surface area contributed by atoms with Crippen molar-refractivity contribution in [1.82, 2.24) is 9.66 Å². The highest BCUT2D eigenvalue weighted by molar-refractivity contribution is 9.10. The number of hydrogen-bond donors (Lipinski definition) is 0. The number of para-hydroxylation sites is 1. The van der Waals surface area contributed by atoms with Crippen molar-refractivity contribution < 1.29 is 9.15 Å². The highest BCUT2D eigenvalue weighted by atomic mass is 79.9. The molecule has 0 aliphatic rings. The second-order valence-corrected chi connectivity index (χ2v) is 11.2. The standard InChI is InChI=1S/C31H17Br2ClN4O3/c32-22-9-10-27-20(11-22)13-28(41-27)30-37-26-8-4-3-7-24(26)31(39)38(30)36-16-21-12-23(34)14-25(33)29(21)40-17-19-6-2-1-5-18(19)15-35/h1-14,16H,17H2. The molecule has 10 heteroatoms. The number of benzene rings is 4. The summed E-state index contributed by atoms with van der Waals surface area (Å²) in [6.07, 6.45) is 1.49. The molecule has 6 rings (SSSR count). The highest BCUT2D eigenvalue weighted by Gasteiger charge is 2.17. The molecular weight excluding hydrogens is 672 g/mol. The first kappa shape index (κ1) is 27.0. The van der Waals surface area contributed by atoms with Crippen LogP contribution in [-0.2, 0) is 6.61 Å². The molecule has 0 saturated heterocycles. The molecule has 0 radical (unpaired) electrons. The fourth-order valence-electron chi connectivity index (χ4n) is 4.37. The van der Waals surface area contributed by atoms with E-state index in [1.807, 2.05) is 42.5 Å². The number of aromatic nitrogens is 2. The fourth-order valence-corrected chi connectivity index (χ4v) is 5.70. The number of hydrogen-bond acceptors (Lipinski definition) is 6. The predicted molar refractivity (Wildman–Crippen MR) is 167 cm³/mol. The lowest BCUT2D eigenvalue weighted by Crippen LogP contribution is -2.20. The molecule has 0 spiro atoms. The number of rotatable bonds is 6. The lowest BCUT2D eigenvalue weighted by molar-refractivity contribution is 0.303. The third-order valence-corrected chi connectivity index (χ3v) is 7.61.